The Morgan fingerprint density at radius 2 is 1.19 bits per heavy atom. The molecule has 0 bridgehead atoms. The van der Waals surface area contributed by atoms with E-state index in [4.69, 9.17) is 19.3 Å². The highest BCUT2D eigenvalue weighted by Crippen LogP contribution is 2.48. The van der Waals surface area contributed by atoms with Gasteiger partial charge in [0, 0.05) is 41.4 Å². The summed E-state index contributed by atoms with van der Waals surface area (Å²) in [5.41, 5.74) is 6.98. The summed E-state index contributed by atoms with van der Waals surface area (Å²) in [4.78, 5) is 80.6. The molecule has 2 unspecified atom stereocenters. The molecule has 0 aliphatic carbocycles. The van der Waals surface area contributed by atoms with E-state index in [2.05, 4.69) is 128 Å². The quantitative estimate of drug-likeness (QED) is 0.0666. The topological polar surface area (TPSA) is 217 Å². The number of nitrogens with zero attached hydrogens (tertiary/aromatic N) is 3. The van der Waals surface area contributed by atoms with Gasteiger partial charge in [0.25, 0.3) is 0 Å². The number of carboxylic acids is 1. The third-order valence-electron chi connectivity index (χ3n) is 14.8. The van der Waals surface area contributed by atoms with Crippen LogP contribution in [0.4, 0.5) is 26.7 Å². The second-order valence-corrected chi connectivity index (χ2v) is 22.5. The number of rotatable bonds is 17. The summed E-state index contributed by atoms with van der Waals surface area (Å²) >= 11 is 3.62. The van der Waals surface area contributed by atoms with E-state index in [1.54, 1.807) is 33.0 Å². The van der Waals surface area contributed by atoms with Crippen LogP contribution in [0.15, 0.2) is 89.4 Å². The van der Waals surface area contributed by atoms with Gasteiger partial charge in [0.2, 0.25) is 17.7 Å². The number of nitrogens with one attached hydrogen (secondary N) is 4. The zero-order valence-electron chi connectivity index (χ0n) is 46.8. The van der Waals surface area contributed by atoms with Crippen molar-refractivity contribution in [2.75, 3.05) is 57.1 Å². The van der Waals surface area contributed by atoms with Crippen LogP contribution in [-0.2, 0) is 40.6 Å². The van der Waals surface area contributed by atoms with Crippen LogP contribution in [-0.4, -0.2) is 116 Å². The molecule has 18 nitrogen and oxygen atoms in total. The number of halogens is 1. The number of methoxy groups -OCH3 is 4. The number of alkyl carbamates (subject to hydrolysis) is 2. The van der Waals surface area contributed by atoms with Crippen LogP contribution in [0.1, 0.15) is 121 Å². The lowest BCUT2D eigenvalue weighted by molar-refractivity contribution is -0.149. The Kier molecular flexibility index (Phi) is 20.9. The van der Waals surface area contributed by atoms with E-state index in [9.17, 15) is 28.8 Å². The third-order valence-corrected chi connectivity index (χ3v) is 15.3. The molecule has 4 aromatic carbocycles. The average molecular weight is 1140 g/mol. The summed E-state index contributed by atoms with van der Waals surface area (Å²) in [5, 5.41) is 21.0. The van der Waals surface area contributed by atoms with E-state index in [1.165, 1.54) is 30.2 Å². The molecule has 0 spiro atoms. The minimum Gasteiger partial charge on any atom is -0.497 e. The van der Waals surface area contributed by atoms with Crippen molar-refractivity contribution in [3.8, 4) is 11.5 Å². The van der Waals surface area contributed by atoms with Gasteiger partial charge in [0.05, 0.1) is 51.9 Å². The van der Waals surface area contributed by atoms with Crippen LogP contribution >= 0.6 is 15.9 Å². The summed E-state index contributed by atoms with van der Waals surface area (Å²) in [6, 6.07) is 26.5. The lowest BCUT2D eigenvalue weighted by Gasteiger charge is -2.34. The van der Waals surface area contributed by atoms with Crippen LogP contribution in [0.25, 0.3) is 0 Å². The highest BCUT2D eigenvalue weighted by Gasteiger charge is 2.41. The second-order valence-electron chi connectivity index (χ2n) is 21.6. The second kappa shape index (κ2) is 27.0. The van der Waals surface area contributed by atoms with Gasteiger partial charge in [-0.1, -0.05) is 94.7 Å². The summed E-state index contributed by atoms with van der Waals surface area (Å²) in [6.07, 6.45) is 2.74. The number of anilines is 3. The first-order chi connectivity index (χ1) is 37.1. The number of ether oxygens (including phenoxy) is 4. The highest BCUT2D eigenvalue weighted by molar-refractivity contribution is 9.10. The van der Waals surface area contributed by atoms with Crippen molar-refractivity contribution in [2.24, 2.45) is 11.8 Å². The average Bonchev–Trinajstić information content (AvgIpc) is 4.36. The van der Waals surface area contributed by atoms with Gasteiger partial charge in [0.1, 0.15) is 35.7 Å². The Morgan fingerprint density at radius 3 is 1.71 bits per heavy atom. The summed E-state index contributed by atoms with van der Waals surface area (Å²) in [7, 11) is 5.73. The molecule has 3 fully saturated rings. The van der Waals surface area contributed by atoms with Crippen molar-refractivity contribution >= 4 is 68.9 Å². The number of amides is 5. The zero-order valence-corrected chi connectivity index (χ0v) is 48.4. The molecule has 4 aromatic rings. The maximum absolute atomic E-state index is 14.4. The normalized spacial score (nSPS) is 18.8. The van der Waals surface area contributed by atoms with Crippen molar-refractivity contribution < 1.29 is 52.8 Å². The molecule has 3 aliphatic rings. The van der Waals surface area contributed by atoms with Gasteiger partial charge < -0.3 is 60.0 Å². The zero-order chi connectivity index (χ0) is 57.0. The van der Waals surface area contributed by atoms with Crippen LogP contribution < -0.4 is 35.6 Å². The Balaban J connectivity index is 0.000000438. The maximum Gasteiger partial charge on any atom is 0.407 e. The molecule has 3 heterocycles. The molecule has 5 N–H and O–H groups in total. The van der Waals surface area contributed by atoms with Gasteiger partial charge in [-0.25, -0.2) is 14.4 Å². The first kappa shape index (κ1) is 60.2. The number of carboxylic acid groups (broad SMARTS) is 1. The highest BCUT2D eigenvalue weighted by atomic mass is 79.9. The van der Waals surface area contributed by atoms with E-state index in [-0.39, 0.29) is 47.1 Å². The predicted octanol–water partition coefficient (Wildman–Crippen LogP) is 10.2. The van der Waals surface area contributed by atoms with E-state index < -0.39 is 42.3 Å². The number of likely N-dealkylation sites (tertiary alicyclic amines) is 2. The molecule has 422 valence electrons. The van der Waals surface area contributed by atoms with Crippen molar-refractivity contribution in [3.63, 3.8) is 0 Å². The minimum atomic E-state index is -1.01. The SMILES string of the molecule is COC(=O)N[C@H](C(=O)N1CCC[C@H]1C(=O)Nc1cc(C2CCC(c3ccc(Br)cc3)N2c2ccc(C(C)(C)C)cc2)ccc1NCc1ccc(OC)cc1OC)C(C)C.COC(=O)N[C@H](C(=O)N1CCC[C@H]1C(=O)O)C(C)C. The van der Waals surface area contributed by atoms with Gasteiger partial charge in [-0.3, -0.25) is 14.4 Å². The molecule has 19 heteroatoms. The number of hydrogen-bond acceptors (Lipinski definition) is 12. The lowest BCUT2D eigenvalue weighted by atomic mass is 9.87. The Hall–Kier alpha value is -7.02. The third kappa shape index (κ3) is 14.8. The monoisotopic (exact) mass is 1140 g/mol. The first-order valence-corrected chi connectivity index (χ1v) is 27.5. The number of benzene rings is 4. The fraction of sp³-hybridized carbons (Fsp3) is 0.492. The van der Waals surface area contributed by atoms with Gasteiger partial charge in [0.15, 0.2) is 0 Å². The van der Waals surface area contributed by atoms with E-state index in [1.807, 2.05) is 38.1 Å². The largest absolute Gasteiger partial charge is 0.497 e. The molecule has 0 aromatic heterocycles. The Labute approximate surface area is 467 Å². The first-order valence-electron chi connectivity index (χ1n) is 26.7. The fourth-order valence-corrected chi connectivity index (χ4v) is 10.7. The molecular weight excluding hydrogens is 1060 g/mol. The number of hydrogen-bond donors (Lipinski definition) is 5. The molecule has 5 amide bonds. The van der Waals surface area contributed by atoms with Crippen molar-refractivity contribution in [1.29, 1.82) is 0 Å². The number of carbonyl (C=O) groups excluding carboxylic acids is 5. The molecule has 7 rings (SSSR count). The molecule has 0 saturated carbocycles. The van der Waals surface area contributed by atoms with Gasteiger partial charge in [-0.05, 0) is 121 Å². The lowest BCUT2D eigenvalue weighted by Crippen LogP contribution is -2.54. The molecule has 78 heavy (non-hydrogen) atoms. The van der Waals surface area contributed by atoms with Crippen molar-refractivity contribution in [2.45, 2.75) is 135 Å². The Morgan fingerprint density at radius 1 is 0.654 bits per heavy atom. The molecule has 0 radical (unpaired) electrons. The molecule has 3 aliphatic heterocycles. The summed E-state index contributed by atoms with van der Waals surface area (Å²) < 4.78 is 21.4. The minimum absolute atomic E-state index is 0.0104. The van der Waals surface area contributed by atoms with Gasteiger partial charge in [-0.15, -0.1) is 0 Å². The van der Waals surface area contributed by atoms with E-state index in [0.29, 0.717) is 62.5 Å². The van der Waals surface area contributed by atoms with E-state index >= 15 is 0 Å². The van der Waals surface area contributed by atoms with Crippen molar-refractivity contribution in [3.05, 3.63) is 112 Å². The van der Waals surface area contributed by atoms with Crippen LogP contribution in [0.3, 0.4) is 0 Å². The number of carbonyl (C=O) groups is 6. The Bertz CT molecular complexity index is 2730. The molecule has 3 saturated heterocycles. The van der Waals surface area contributed by atoms with E-state index in [0.717, 1.165) is 39.8 Å². The maximum atomic E-state index is 14.4. The predicted molar refractivity (Wildman–Crippen MR) is 304 cm³/mol. The van der Waals surface area contributed by atoms with Gasteiger partial charge in [-0.2, -0.15) is 0 Å². The smallest absolute Gasteiger partial charge is 0.407 e. The standard InChI is InChI=1S/C47H58BrN5O6.C12H20N2O5/c1-29(2)43(51-46(56)59-8)45(55)52-25-9-10-41(52)44(54)50-38-26-31(14-22-37(38)49-28-32-13-21-36(57-6)27-42(32)58-7)40-24-23-39(30-11-17-34(48)18-12-30)53(40)35-19-15-33(16-20-35)47(3,4)5;1-7(2)9(13-12(18)19-3)10(15)14-6-4-5-8(14)11(16)17/h11-22,26-27,29,39-41,43,49H,9-10,23-25,28H2,1-8H3,(H,50,54)(H,51,56);7-9H,4-6H2,1-3H3,(H,13,18)(H,16,17)/t39?,40?,41-,43-;8-,9-/m00/s1. The van der Waals surface area contributed by atoms with Crippen LogP contribution in [0.5, 0.6) is 11.5 Å². The number of aliphatic carboxylic acids is 1. The molecular formula is C59H78BrN7O11. The van der Waals surface area contributed by atoms with Gasteiger partial charge >= 0.3 is 18.2 Å². The summed E-state index contributed by atoms with van der Waals surface area (Å²) in [6.45, 7) is 15.2. The molecule has 6 atom stereocenters. The van der Waals surface area contributed by atoms with Crippen LogP contribution in [0, 0.1) is 11.8 Å². The fourth-order valence-electron chi connectivity index (χ4n) is 10.4. The van der Waals surface area contributed by atoms with Crippen LogP contribution in [0.2, 0.25) is 0 Å². The van der Waals surface area contributed by atoms with Crippen molar-refractivity contribution in [1.82, 2.24) is 20.4 Å². The summed E-state index contributed by atoms with van der Waals surface area (Å²) in [5.74, 6) is -0.965.